The first kappa shape index (κ1) is 12.6. The van der Waals surface area contributed by atoms with Gasteiger partial charge in [0, 0.05) is 10.1 Å². The summed E-state index contributed by atoms with van der Waals surface area (Å²) in [5.74, 6) is 0. The smallest absolute Gasteiger partial charge is 0.0681 e. The quantitative estimate of drug-likeness (QED) is 0.774. The van der Waals surface area contributed by atoms with Gasteiger partial charge in [-0.15, -0.1) is 11.8 Å². The number of hydrogen-bond acceptors (Lipinski definition) is 3. The molecule has 1 rings (SSSR count). The monoisotopic (exact) mass is 226 g/mol. The highest BCUT2D eigenvalue weighted by atomic mass is 32.2. The van der Waals surface area contributed by atoms with Crippen LogP contribution in [0.2, 0.25) is 0 Å². The average Bonchev–Trinajstić information content (AvgIpc) is 2.20. The van der Waals surface area contributed by atoms with Crippen molar-refractivity contribution in [2.24, 2.45) is 0 Å². The highest BCUT2D eigenvalue weighted by Crippen LogP contribution is 2.28. The molecule has 0 bridgehead atoms. The fraction of sp³-hybridized carbons (Fsp3) is 0.500. The van der Waals surface area contributed by atoms with Gasteiger partial charge in [-0.2, -0.15) is 0 Å². The van der Waals surface area contributed by atoms with Gasteiger partial charge in [0.25, 0.3) is 0 Å². The van der Waals surface area contributed by atoms with Crippen molar-refractivity contribution >= 4 is 11.8 Å². The van der Waals surface area contributed by atoms with Gasteiger partial charge in [-0.05, 0) is 31.0 Å². The lowest BCUT2D eigenvalue weighted by Gasteiger charge is -2.15. The average molecular weight is 226 g/mol. The van der Waals surface area contributed by atoms with Crippen LogP contribution < -0.4 is 0 Å². The van der Waals surface area contributed by atoms with Crippen LogP contribution in [0.4, 0.5) is 0 Å². The van der Waals surface area contributed by atoms with Crippen LogP contribution >= 0.6 is 11.8 Å². The molecule has 0 fully saturated rings. The molecule has 2 N–H and O–H groups in total. The Labute approximate surface area is 95.3 Å². The molecule has 2 nitrogen and oxygen atoms in total. The van der Waals surface area contributed by atoms with Crippen molar-refractivity contribution in [1.82, 2.24) is 0 Å². The Hall–Kier alpha value is -0.510. The van der Waals surface area contributed by atoms with E-state index in [4.69, 9.17) is 5.11 Å². The van der Waals surface area contributed by atoms with Crippen LogP contribution in [-0.2, 0) is 6.61 Å². The summed E-state index contributed by atoms with van der Waals surface area (Å²) in [5.41, 5.74) is 2.08. The number of benzene rings is 1. The topological polar surface area (TPSA) is 40.5 Å². The van der Waals surface area contributed by atoms with Crippen molar-refractivity contribution in [1.29, 1.82) is 0 Å². The first-order valence-electron chi connectivity index (χ1n) is 5.09. The minimum absolute atomic E-state index is 0.0811. The van der Waals surface area contributed by atoms with Crippen LogP contribution in [-0.4, -0.2) is 21.6 Å². The molecular formula is C12H18O2S. The Morgan fingerprint density at radius 2 is 2.00 bits per heavy atom. The zero-order valence-corrected chi connectivity index (χ0v) is 10.2. The number of aryl methyl sites for hydroxylation is 1. The lowest BCUT2D eigenvalue weighted by atomic mass is 10.1. The highest BCUT2D eigenvalue weighted by molar-refractivity contribution is 8.00. The summed E-state index contributed by atoms with van der Waals surface area (Å²) in [6, 6.07) is 5.91. The highest BCUT2D eigenvalue weighted by Gasteiger charge is 2.11. The molecule has 1 aromatic carbocycles. The first-order chi connectivity index (χ1) is 7.04. The van der Waals surface area contributed by atoms with E-state index in [1.807, 2.05) is 32.0 Å². The molecule has 0 aliphatic carbocycles. The molecule has 84 valence electrons. The predicted molar refractivity (Wildman–Crippen MR) is 64.1 cm³/mol. The fourth-order valence-electron chi connectivity index (χ4n) is 1.24. The third kappa shape index (κ3) is 3.52. The summed E-state index contributed by atoms with van der Waals surface area (Å²) < 4.78 is 0. The van der Waals surface area contributed by atoms with Gasteiger partial charge in [0.2, 0.25) is 0 Å². The minimum atomic E-state index is -0.313. The molecule has 0 radical (unpaired) electrons. The van der Waals surface area contributed by atoms with Crippen molar-refractivity contribution in [3.8, 4) is 0 Å². The first-order valence-corrected chi connectivity index (χ1v) is 5.97. The van der Waals surface area contributed by atoms with Gasteiger partial charge in [-0.25, -0.2) is 0 Å². The van der Waals surface area contributed by atoms with E-state index >= 15 is 0 Å². The summed E-state index contributed by atoms with van der Waals surface area (Å²) in [6.45, 7) is 5.91. The third-order valence-corrected chi connectivity index (χ3v) is 3.89. The second kappa shape index (κ2) is 5.54. The zero-order chi connectivity index (χ0) is 11.4. The molecule has 15 heavy (non-hydrogen) atoms. The largest absolute Gasteiger partial charge is 0.392 e. The molecule has 1 aromatic rings. The molecule has 0 heterocycles. The summed E-state index contributed by atoms with van der Waals surface area (Å²) in [5, 5.41) is 18.6. The fourth-order valence-corrected chi connectivity index (χ4v) is 2.23. The van der Waals surface area contributed by atoms with Crippen molar-refractivity contribution < 1.29 is 10.2 Å². The second-order valence-electron chi connectivity index (χ2n) is 3.82. The van der Waals surface area contributed by atoms with Crippen LogP contribution in [0.25, 0.3) is 0 Å². The Kier molecular flexibility index (Phi) is 4.64. The SMILES string of the molecule is Cc1cc(CO)ccc1SC(C)C(C)O. The second-order valence-corrected chi connectivity index (χ2v) is 5.24. The Morgan fingerprint density at radius 1 is 1.33 bits per heavy atom. The van der Waals surface area contributed by atoms with E-state index in [0.29, 0.717) is 0 Å². The van der Waals surface area contributed by atoms with Gasteiger partial charge in [0.05, 0.1) is 12.7 Å². The van der Waals surface area contributed by atoms with Crippen LogP contribution in [0.5, 0.6) is 0 Å². The summed E-state index contributed by atoms with van der Waals surface area (Å²) in [4.78, 5) is 1.17. The number of hydrogen-bond donors (Lipinski definition) is 2. The normalized spacial score (nSPS) is 15.0. The van der Waals surface area contributed by atoms with Crippen LogP contribution in [0.15, 0.2) is 23.1 Å². The van der Waals surface area contributed by atoms with E-state index in [0.717, 1.165) is 11.1 Å². The molecule has 3 heteroatoms. The van der Waals surface area contributed by atoms with Crippen LogP contribution in [0.1, 0.15) is 25.0 Å². The Morgan fingerprint density at radius 3 is 2.47 bits per heavy atom. The standard InChI is InChI=1S/C12H18O2S/c1-8-6-11(7-13)4-5-12(8)15-10(3)9(2)14/h4-6,9-10,13-14H,7H2,1-3H3. The van der Waals surface area contributed by atoms with E-state index in [-0.39, 0.29) is 18.0 Å². The zero-order valence-electron chi connectivity index (χ0n) is 9.40. The maximum atomic E-state index is 9.41. The van der Waals surface area contributed by atoms with Crippen molar-refractivity contribution in [2.45, 2.75) is 43.6 Å². The van der Waals surface area contributed by atoms with Gasteiger partial charge < -0.3 is 10.2 Å². The van der Waals surface area contributed by atoms with Crippen molar-refractivity contribution in [3.63, 3.8) is 0 Å². The van der Waals surface area contributed by atoms with E-state index in [2.05, 4.69) is 0 Å². The molecule has 0 saturated heterocycles. The summed E-state index contributed by atoms with van der Waals surface area (Å²) in [7, 11) is 0. The third-order valence-electron chi connectivity index (χ3n) is 2.41. The molecule has 2 atom stereocenters. The van der Waals surface area contributed by atoms with Crippen LogP contribution in [0, 0.1) is 6.92 Å². The summed E-state index contributed by atoms with van der Waals surface area (Å²) in [6.07, 6.45) is -0.313. The van der Waals surface area contributed by atoms with Gasteiger partial charge in [-0.3, -0.25) is 0 Å². The molecule has 0 saturated carbocycles. The molecule has 0 aliphatic heterocycles. The van der Waals surface area contributed by atoms with Gasteiger partial charge in [-0.1, -0.05) is 19.1 Å². The number of aliphatic hydroxyl groups excluding tert-OH is 2. The number of aliphatic hydroxyl groups is 2. The molecular weight excluding hydrogens is 208 g/mol. The molecule has 0 aromatic heterocycles. The van der Waals surface area contributed by atoms with Crippen molar-refractivity contribution in [2.75, 3.05) is 0 Å². The van der Waals surface area contributed by atoms with Crippen LogP contribution in [0.3, 0.4) is 0 Å². The molecule has 2 unspecified atom stereocenters. The summed E-state index contributed by atoms with van der Waals surface area (Å²) >= 11 is 1.67. The molecule has 0 amide bonds. The number of thioether (sulfide) groups is 1. The maximum absolute atomic E-state index is 9.41. The van der Waals surface area contributed by atoms with Gasteiger partial charge >= 0.3 is 0 Å². The van der Waals surface area contributed by atoms with E-state index in [1.165, 1.54) is 4.90 Å². The number of rotatable bonds is 4. The molecule has 0 aliphatic rings. The Balaban J connectivity index is 2.78. The lowest BCUT2D eigenvalue weighted by molar-refractivity contribution is 0.196. The maximum Gasteiger partial charge on any atom is 0.0681 e. The van der Waals surface area contributed by atoms with Crippen molar-refractivity contribution in [3.05, 3.63) is 29.3 Å². The Bertz CT molecular complexity index is 323. The van der Waals surface area contributed by atoms with Gasteiger partial charge in [0.15, 0.2) is 0 Å². The molecule has 0 spiro atoms. The lowest BCUT2D eigenvalue weighted by Crippen LogP contribution is -2.15. The van der Waals surface area contributed by atoms with Gasteiger partial charge in [0.1, 0.15) is 0 Å². The predicted octanol–water partition coefficient (Wildman–Crippen LogP) is 2.35. The van der Waals surface area contributed by atoms with E-state index in [1.54, 1.807) is 18.7 Å². The van der Waals surface area contributed by atoms with E-state index in [9.17, 15) is 5.11 Å². The van der Waals surface area contributed by atoms with E-state index < -0.39 is 0 Å². The minimum Gasteiger partial charge on any atom is -0.392 e.